The van der Waals surface area contributed by atoms with Gasteiger partial charge in [-0.1, -0.05) is 36.4 Å². The van der Waals surface area contributed by atoms with Crippen LogP contribution in [0.2, 0.25) is 0 Å². The van der Waals surface area contributed by atoms with Gasteiger partial charge in [-0.15, -0.1) is 0 Å². The minimum Gasteiger partial charge on any atom is -0.299 e. The van der Waals surface area contributed by atoms with Crippen molar-refractivity contribution in [2.24, 2.45) is 0 Å². The molecule has 0 unspecified atom stereocenters. The number of carbonyl (C=O) groups is 2. The van der Waals surface area contributed by atoms with E-state index in [1.54, 1.807) is 6.92 Å². The van der Waals surface area contributed by atoms with Crippen molar-refractivity contribution >= 4 is 33.2 Å². The Labute approximate surface area is 140 Å². The molecule has 2 aromatic rings. The molecule has 1 heterocycles. The second-order valence-electron chi connectivity index (χ2n) is 6.13. The van der Waals surface area contributed by atoms with Crippen LogP contribution in [0, 0.1) is 0 Å². The number of hydrogen-bond acceptors (Lipinski definition) is 3. The molecule has 120 valence electrons. The van der Waals surface area contributed by atoms with Gasteiger partial charge in [0.2, 0.25) is 5.78 Å². The number of benzene rings is 2. The molecule has 4 heteroatoms. The fraction of sp³-hybridized carbons (Fsp3) is 0.368. The zero-order chi connectivity index (χ0) is 16.2. The van der Waals surface area contributed by atoms with Crippen molar-refractivity contribution in [1.29, 1.82) is 0 Å². The van der Waals surface area contributed by atoms with E-state index in [1.165, 1.54) is 5.39 Å². The van der Waals surface area contributed by atoms with E-state index in [2.05, 4.69) is 17.0 Å². The van der Waals surface area contributed by atoms with Crippen LogP contribution in [-0.4, -0.2) is 53.4 Å². The van der Waals surface area contributed by atoms with Gasteiger partial charge in [0.1, 0.15) is 17.3 Å². The van der Waals surface area contributed by atoms with E-state index in [0.717, 1.165) is 35.5 Å². The molecule has 0 amide bonds. The van der Waals surface area contributed by atoms with E-state index in [-0.39, 0.29) is 22.5 Å². The Morgan fingerprint density at radius 3 is 2.43 bits per heavy atom. The molecule has 0 aliphatic carbocycles. The molecule has 2 aromatic carbocycles. The SMILES string of the molecule is CC(=O)CN1CC[S+](CC(=O)c2ccc3ccccc3c2)CC1. The smallest absolute Gasteiger partial charge is 0.211 e. The summed E-state index contributed by atoms with van der Waals surface area (Å²) in [6.07, 6.45) is 0. The molecule has 0 N–H and O–H groups in total. The zero-order valence-electron chi connectivity index (χ0n) is 13.5. The maximum absolute atomic E-state index is 12.6. The maximum Gasteiger partial charge on any atom is 0.211 e. The summed E-state index contributed by atoms with van der Waals surface area (Å²) in [6, 6.07) is 14.1. The lowest BCUT2D eigenvalue weighted by atomic mass is 10.1. The van der Waals surface area contributed by atoms with Crippen molar-refractivity contribution in [3.63, 3.8) is 0 Å². The lowest BCUT2D eigenvalue weighted by molar-refractivity contribution is -0.118. The van der Waals surface area contributed by atoms with Gasteiger partial charge < -0.3 is 0 Å². The van der Waals surface area contributed by atoms with Crippen molar-refractivity contribution in [1.82, 2.24) is 4.90 Å². The highest BCUT2D eigenvalue weighted by Crippen LogP contribution is 2.17. The van der Waals surface area contributed by atoms with Crippen molar-refractivity contribution in [3.8, 4) is 0 Å². The van der Waals surface area contributed by atoms with Crippen LogP contribution in [0.15, 0.2) is 42.5 Å². The van der Waals surface area contributed by atoms with Gasteiger partial charge in [0.25, 0.3) is 0 Å². The van der Waals surface area contributed by atoms with Crippen LogP contribution in [0.3, 0.4) is 0 Å². The fourth-order valence-electron chi connectivity index (χ4n) is 2.98. The molecule has 0 atom stereocenters. The van der Waals surface area contributed by atoms with Crippen LogP contribution in [0.4, 0.5) is 0 Å². The van der Waals surface area contributed by atoms with Crippen LogP contribution >= 0.6 is 0 Å². The average Bonchev–Trinajstić information content (AvgIpc) is 2.55. The van der Waals surface area contributed by atoms with Crippen LogP contribution in [0.1, 0.15) is 17.3 Å². The van der Waals surface area contributed by atoms with E-state index in [9.17, 15) is 9.59 Å². The summed E-state index contributed by atoms with van der Waals surface area (Å²) in [4.78, 5) is 25.9. The molecule has 1 aliphatic heterocycles. The maximum atomic E-state index is 12.6. The summed E-state index contributed by atoms with van der Waals surface area (Å²) in [5, 5.41) is 2.29. The number of fused-ring (bicyclic) bond motifs is 1. The summed E-state index contributed by atoms with van der Waals surface area (Å²) < 4.78 is 0. The summed E-state index contributed by atoms with van der Waals surface area (Å²) >= 11 is 0. The standard InChI is InChI=1S/C19H22NO2S/c1-15(21)13-20-8-10-23(11-9-20)14-19(22)18-7-6-16-4-2-3-5-17(16)12-18/h2-7,12H,8-11,13-14H2,1H3/q+1. The lowest BCUT2D eigenvalue weighted by Crippen LogP contribution is -2.44. The first-order valence-corrected chi connectivity index (χ1v) is 9.73. The Balaban J connectivity index is 1.59. The predicted molar refractivity (Wildman–Crippen MR) is 97.4 cm³/mol. The summed E-state index contributed by atoms with van der Waals surface area (Å²) in [5.41, 5.74) is 0.822. The molecule has 0 radical (unpaired) electrons. The van der Waals surface area contributed by atoms with Gasteiger partial charge in [-0.25, -0.2) is 0 Å². The Bertz CT molecular complexity index is 720. The molecule has 3 nitrogen and oxygen atoms in total. The number of Topliss-reactive ketones (excluding diaryl/α,β-unsaturated/α-hetero) is 2. The molecule has 0 aromatic heterocycles. The van der Waals surface area contributed by atoms with E-state index in [0.29, 0.717) is 12.3 Å². The third-order valence-corrected chi connectivity index (χ3v) is 6.44. The molecular formula is C19H22NO2S+. The summed E-state index contributed by atoms with van der Waals surface area (Å²) in [5.74, 6) is 3.18. The minimum atomic E-state index is 0.153. The van der Waals surface area contributed by atoms with Gasteiger partial charge in [-0.3, -0.25) is 14.5 Å². The second kappa shape index (κ2) is 7.28. The number of hydrogen-bond donors (Lipinski definition) is 0. The first kappa shape index (κ1) is 16.2. The normalized spacial score (nSPS) is 16.6. The van der Waals surface area contributed by atoms with Gasteiger partial charge in [0.05, 0.1) is 6.54 Å². The quantitative estimate of drug-likeness (QED) is 0.625. The Morgan fingerprint density at radius 1 is 1.04 bits per heavy atom. The summed E-state index contributed by atoms with van der Waals surface area (Å²) in [6.45, 7) is 4.06. The molecule has 0 saturated carbocycles. The highest BCUT2D eigenvalue weighted by Gasteiger charge is 2.29. The molecule has 0 bridgehead atoms. The van der Waals surface area contributed by atoms with Gasteiger partial charge in [0.15, 0.2) is 5.75 Å². The molecule has 23 heavy (non-hydrogen) atoms. The number of ketones is 2. The van der Waals surface area contributed by atoms with Crippen LogP contribution in [0.25, 0.3) is 10.8 Å². The second-order valence-corrected chi connectivity index (χ2v) is 8.46. The van der Waals surface area contributed by atoms with E-state index in [1.807, 2.05) is 30.3 Å². The lowest BCUT2D eigenvalue weighted by Gasteiger charge is -2.25. The van der Waals surface area contributed by atoms with Crippen molar-refractivity contribution < 1.29 is 9.59 Å². The van der Waals surface area contributed by atoms with Gasteiger partial charge in [0, 0.05) is 18.7 Å². The molecule has 1 aliphatic rings. The summed E-state index contributed by atoms with van der Waals surface area (Å²) in [7, 11) is 0.153. The highest BCUT2D eigenvalue weighted by atomic mass is 32.2. The third-order valence-electron chi connectivity index (χ3n) is 4.25. The van der Waals surface area contributed by atoms with Crippen molar-refractivity contribution in [2.45, 2.75) is 6.92 Å². The van der Waals surface area contributed by atoms with Crippen molar-refractivity contribution in [3.05, 3.63) is 48.0 Å². The van der Waals surface area contributed by atoms with Gasteiger partial charge >= 0.3 is 0 Å². The van der Waals surface area contributed by atoms with Crippen LogP contribution in [-0.2, 0) is 15.7 Å². The minimum absolute atomic E-state index is 0.153. The third kappa shape index (κ3) is 4.21. The average molecular weight is 328 g/mol. The molecule has 1 saturated heterocycles. The van der Waals surface area contributed by atoms with E-state index < -0.39 is 0 Å². The van der Waals surface area contributed by atoms with Gasteiger partial charge in [-0.05, 0) is 34.7 Å². The molecular weight excluding hydrogens is 306 g/mol. The first-order chi connectivity index (χ1) is 11.1. The Morgan fingerprint density at radius 2 is 1.74 bits per heavy atom. The Kier molecular flexibility index (Phi) is 5.13. The predicted octanol–water partition coefficient (Wildman–Crippen LogP) is 2.55. The molecule has 1 fully saturated rings. The number of rotatable bonds is 5. The fourth-order valence-corrected chi connectivity index (χ4v) is 5.04. The monoisotopic (exact) mass is 328 g/mol. The Hall–Kier alpha value is -1.65. The number of nitrogens with zero attached hydrogens (tertiary/aromatic N) is 1. The number of carbonyl (C=O) groups excluding carboxylic acids is 2. The largest absolute Gasteiger partial charge is 0.299 e. The van der Waals surface area contributed by atoms with Crippen LogP contribution < -0.4 is 0 Å². The molecule has 0 spiro atoms. The van der Waals surface area contributed by atoms with E-state index in [4.69, 9.17) is 0 Å². The first-order valence-electron chi connectivity index (χ1n) is 8.00. The zero-order valence-corrected chi connectivity index (χ0v) is 14.3. The highest BCUT2D eigenvalue weighted by molar-refractivity contribution is 7.97. The van der Waals surface area contributed by atoms with Crippen LogP contribution in [0.5, 0.6) is 0 Å². The topological polar surface area (TPSA) is 37.4 Å². The van der Waals surface area contributed by atoms with E-state index >= 15 is 0 Å². The molecule has 3 rings (SSSR count). The van der Waals surface area contributed by atoms with Crippen molar-refractivity contribution in [2.75, 3.05) is 36.9 Å². The van der Waals surface area contributed by atoms with Gasteiger partial charge in [-0.2, -0.15) is 0 Å².